The van der Waals surface area contributed by atoms with Crippen molar-refractivity contribution in [3.63, 3.8) is 0 Å². The van der Waals surface area contributed by atoms with Crippen molar-refractivity contribution in [1.82, 2.24) is 0 Å². The predicted octanol–water partition coefficient (Wildman–Crippen LogP) is 6.49. The molecule has 0 unspecified atom stereocenters. The maximum Gasteiger partial charge on any atom is 0.0904 e. The third kappa shape index (κ3) is 11.8. The minimum absolute atomic E-state index is 1.09. The van der Waals surface area contributed by atoms with Crippen molar-refractivity contribution in [1.29, 1.82) is 0 Å². The first-order chi connectivity index (χ1) is 8.85. The molecule has 18 heavy (non-hydrogen) atoms. The van der Waals surface area contributed by atoms with Crippen LogP contribution in [0.15, 0.2) is 12.7 Å². The van der Waals surface area contributed by atoms with E-state index in [1.54, 1.807) is 5.92 Å². The number of unbranched alkanes of at least 4 members (excludes halogenated alkanes) is 7. The largest absolute Gasteiger partial charge is 0.103 e. The molecule has 0 bridgehead atoms. The van der Waals surface area contributed by atoms with E-state index in [0.717, 1.165) is 12.8 Å². The van der Waals surface area contributed by atoms with Crippen LogP contribution in [0.4, 0.5) is 0 Å². The second-order valence-electron chi connectivity index (χ2n) is 5.26. The minimum atomic E-state index is 1.09. The lowest BCUT2D eigenvalue weighted by Crippen LogP contribution is -1.99. The van der Waals surface area contributed by atoms with Crippen molar-refractivity contribution >= 4 is 0 Å². The van der Waals surface area contributed by atoms with Crippen LogP contribution in [-0.2, 0) is 0 Å². The minimum Gasteiger partial charge on any atom is -0.103 e. The normalized spacial score (nSPS) is 10.4. The van der Waals surface area contributed by atoms with Gasteiger partial charge in [-0.1, -0.05) is 6.08 Å². The van der Waals surface area contributed by atoms with Crippen molar-refractivity contribution in [2.75, 3.05) is 0 Å². The van der Waals surface area contributed by atoms with Crippen LogP contribution in [0.2, 0.25) is 0 Å². The zero-order chi connectivity index (χ0) is 13.5. The molecule has 0 fully saturated rings. The lowest BCUT2D eigenvalue weighted by atomic mass is 9.90. The van der Waals surface area contributed by atoms with Crippen LogP contribution in [0.25, 0.3) is 0 Å². The first-order valence-electron chi connectivity index (χ1n) is 7.88. The van der Waals surface area contributed by atoms with Crippen molar-refractivity contribution in [3.8, 4) is 0 Å². The van der Waals surface area contributed by atoms with Gasteiger partial charge >= 0.3 is 0 Å². The average molecular weight is 249 g/mol. The molecule has 0 atom stereocenters. The molecule has 0 aliphatic carbocycles. The Morgan fingerprint density at radius 3 is 1.67 bits per heavy atom. The highest BCUT2D eigenvalue weighted by Gasteiger charge is 2.18. The number of allylic oxidation sites excluding steroid dienone is 1. The zero-order valence-corrected chi connectivity index (χ0v) is 12.4. The highest BCUT2D eigenvalue weighted by atomic mass is 14.1. The summed E-state index contributed by atoms with van der Waals surface area (Å²) in [5, 5.41) is 0. The maximum atomic E-state index is 3.93. The lowest BCUT2D eigenvalue weighted by Gasteiger charge is -2.06. The SMILES string of the molecule is C=CCCCCC[C+](CCCC[CH2+])CCCC[CH2+]. The number of hydrogen-bond donors (Lipinski definition) is 0. The van der Waals surface area contributed by atoms with Crippen LogP contribution in [0.3, 0.4) is 0 Å². The highest BCUT2D eigenvalue weighted by Crippen LogP contribution is 2.25. The lowest BCUT2D eigenvalue weighted by molar-refractivity contribution is 0.545. The summed E-state index contributed by atoms with van der Waals surface area (Å²) in [6.07, 6.45) is 18.7. The molecule has 0 aliphatic heterocycles. The molecule has 0 aliphatic rings. The van der Waals surface area contributed by atoms with Gasteiger partial charge in [-0.05, 0) is 51.4 Å². The van der Waals surface area contributed by atoms with E-state index >= 15 is 0 Å². The molecule has 0 radical (unpaired) electrons. The van der Waals surface area contributed by atoms with Gasteiger partial charge in [-0.25, -0.2) is 0 Å². The monoisotopic (exact) mass is 249 g/mol. The molecule has 0 saturated heterocycles. The summed E-state index contributed by atoms with van der Waals surface area (Å²) >= 11 is 0. The van der Waals surface area contributed by atoms with Crippen molar-refractivity contribution < 1.29 is 0 Å². The third-order valence-corrected chi connectivity index (χ3v) is 3.50. The van der Waals surface area contributed by atoms with Crippen LogP contribution in [0, 0.1) is 19.8 Å². The second-order valence-corrected chi connectivity index (χ2v) is 5.26. The van der Waals surface area contributed by atoms with E-state index in [1.807, 2.05) is 6.08 Å². The molecule has 0 aromatic heterocycles. The summed E-state index contributed by atoms with van der Waals surface area (Å²) in [7, 11) is 0. The van der Waals surface area contributed by atoms with Gasteiger partial charge in [0.2, 0.25) is 0 Å². The molecular weight excluding hydrogens is 216 g/mol. The number of hydrogen-bond acceptors (Lipinski definition) is 0. The fourth-order valence-electron chi connectivity index (χ4n) is 2.32. The summed E-state index contributed by atoms with van der Waals surface area (Å²) in [6, 6.07) is 0. The molecule has 0 spiro atoms. The van der Waals surface area contributed by atoms with E-state index in [4.69, 9.17) is 0 Å². The summed E-state index contributed by atoms with van der Waals surface area (Å²) in [4.78, 5) is 0. The quantitative estimate of drug-likeness (QED) is 0.187. The van der Waals surface area contributed by atoms with Crippen molar-refractivity contribution in [2.45, 2.75) is 83.5 Å². The first-order valence-corrected chi connectivity index (χ1v) is 7.88. The van der Waals surface area contributed by atoms with Gasteiger partial charge in [0.15, 0.2) is 0 Å². The Kier molecular flexibility index (Phi) is 13.9. The van der Waals surface area contributed by atoms with Crippen LogP contribution in [-0.4, -0.2) is 0 Å². The van der Waals surface area contributed by atoms with Crippen molar-refractivity contribution in [2.24, 2.45) is 0 Å². The molecule has 0 aromatic carbocycles. The molecule has 0 heterocycles. The zero-order valence-electron chi connectivity index (χ0n) is 12.4. The van der Waals surface area contributed by atoms with Gasteiger partial charge in [0.05, 0.1) is 51.9 Å². The summed E-state index contributed by atoms with van der Waals surface area (Å²) in [5.41, 5.74) is 0. The molecular formula is C18H33+3. The molecule has 0 N–H and O–H groups in total. The van der Waals surface area contributed by atoms with Crippen molar-refractivity contribution in [3.05, 3.63) is 32.4 Å². The first kappa shape index (κ1) is 17.4. The van der Waals surface area contributed by atoms with Gasteiger partial charge in [-0.2, -0.15) is 0 Å². The van der Waals surface area contributed by atoms with E-state index in [2.05, 4.69) is 20.4 Å². The van der Waals surface area contributed by atoms with Crippen LogP contribution in [0.5, 0.6) is 0 Å². The smallest absolute Gasteiger partial charge is 0.0904 e. The van der Waals surface area contributed by atoms with E-state index in [1.165, 1.54) is 70.6 Å². The second kappa shape index (κ2) is 14.4. The third-order valence-electron chi connectivity index (χ3n) is 3.50. The van der Waals surface area contributed by atoms with E-state index in [9.17, 15) is 0 Å². The predicted molar refractivity (Wildman–Crippen MR) is 84.2 cm³/mol. The van der Waals surface area contributed by atoms with E-state index in [-0.39, 0.29) is 0 Å². The average Bonchev–Trinajstić information content (AvgIpc) is 2.38. The summed E-state index contributed by atoms with van der Waals surface area (Å²) in [5.74, 6) is 1.80. The summed E-state index contributed by atoms with van der Waals surface area (Å²) in [6.45, 7) is 11.6. The Bertz CT molecular complexity index is 149. The topological polar surface area (TPSA) is 0 Å². The molecule has 0 aromatic rings. The van der Waals surface area contributed by atoms with E-state index in [0.29, 0.717) is 0 Å². The Morgan fingerprint density at radius 1 is 0.722 bits per heavy atom. The van der Waals surface area contributed by atoms with Crippen LogP contribution < -0.4 is 0 Å². The summed E-state index contributed by atoms with van der Waals surface area (Å²) < 4.78 is 0. The van der Waals surface area contributed by atoms with Gasteiger partial charge in [0.1, 0.15) is 0 Å². The van der Waals surface area contributed by atoms with Crippen LogP contribution in [0.1, 0.15) is 83.5 Å². The molecule has 0 nitrogen and oxygen atoms in total. The van der Waals surface area contributed by atoms with E-state index < -0.39 is 0 Å². The Morgan fingerprint density at radius 2 is 1.22 bits per heavy atom. The Balaban J connectivity index is 3.62. The Hall–Kier alpha value is -0.650. The fraction of sp³-hybridized carbons (Fsp3) is 0.722. The van der Waals surface area contributed by atoms with Gasteiger partial charge < -0.3 is 0 Å². The molecule has 102 valence electrons. The standard InChI is InChI=1S/C18H33/c1-4-7-10-11-14-17-18(15-12-8-5-2)16-13-9-6-3/h4H,1-3,5-17H2/q+3. The van der Waals surface area contributed by atoms with Gasteiger partial charge in [-0.15, -0.1) is 6.58 Å². The highest BCUT2D eigenvalue weighted by molar-refractivity contribution is 4.89. The fourth-order valence-corrected chi connectivity index (χ4v) is 2.32. The van der Waals surface area contributed by atoms with Gasteiger partial charge in [0.25, 0.3) is 0 Å². The maximum absolute atomic E-state index is 3.93. The van der Waals surface area contributed by atoms with Crippen LogP contribution >= 0.6 is 0 Å². The number of rotatable bonds is 14. The molecule has 0 rings (SSSR count). The van der Waals surface area contributed by atoms with Gasteiger partial charge in [0, 0.05) is 0 Å². The van der Waals surface area contributed by atoms with Gasteiger partial charge in [-0.3, -0.25) is 0 Å². The molecule has 0 heteroatoms. The Labute approximate surface area is 116 Å². The molecule has 0 amide bonds. The molecule has 0 saturated carbocycles.